The van der Waals surface area contributed by atoms with Crippen molar-refractivity contribution in [3.63, 3.8) is 0 Å². The first kappa shape index (κ1) is 20.9. The lowest BCUT2D eigenvalue weighted by atomic mass is 10.0. The Hall–Kier alpha value is -3.38. The van der Waals surface area contributed by atoms with Gasteiger partial charge in [-0.3, -0.25) is 9.57 Å². The zero-order valence-electron chi connectivity index (χ0n) is 16.5. The van der Waals surface area contributed by atoms with Gasteiger partial charge < -0.3 is 24.1 Å². The van der Waals surface area contributed by atoms with Gasteiger partial charge in [0, 0.05) is 11.3 Å². The van der Waals surface area contributed by atoms with Crippen molar-refractivity contribution < 1.29 is 28.6 Å². The second kappa shape index (κ2) is 7.71. The molecular weight excluding hydrogens is 423 g/mol. The number of nitrogens with zero attached hydrogens (tertiary/aromatic N) is 4. The van der Waals surface area contributed by atoms with Crippen LogP contribution in [0.4, 0.5) is 16.3 Å². The van der Waals surface area contributed by atoms with E-state index in [0.717, 1.165) is 15.8 Å². The summed E-state index contributed by atoms with van der Waals surface area (Å²) in [5, 5.41) is 0. The van der Waals surface area contributed by atoms with Crippen LogP contribution < -0.4 is 9.64 Å². The molecule has 4 rings (SSSR count). The molecule has 31 heavy (non-hydrogen) atoms. The van der Waals surface area contributed by atoms with Crippen LogP contribution in [0.15, 0.2) is 48.8 Å². The van der Waals surface area contributed by atoms with Gasteiger partial charge in [-0.2, -0.15) is 0 Å². The zero-order chi connectivity index (χ0) is 22.3. The van der Waals surface area contributed by atoms with Gasteiger partial charge >= 0.3 is 13.8 Å². The van der Waals surface area contributed by atoms with Gasteiger partial charge in [-0.25, -0.2) is 9.36 Å². The number of rotatable bonds is 5. The molecule has 3 heterocycles. The van der Waals surface area contributed by atoms with Crippen molar-refractivity contribution in [3.05, 3.63) is 60.2 Å². The molecule has 0 spiro atoms. The first-order valence-electron chi connectivity index (χ1n) is 9.28. The molecular formula is C20H19N4O6P. The van der Waals surface area contributed by atoms with Gasteiger partial charge in [0.25, 0.3) is 5.82 Å². The van der Waals surface area contributed by atoms with Crippen molar-refractivity contribution in [3.8, 4) is 16.9 Å². The molecule has 1 unspecified atom stereocenters. The van der Waals surface area contributed by atoms with E-state index in [-0.39, 0.29) is 18.8 Å². The van der Waals surface area contributed by atoms with Gasteiger partial charge in [-0.05, 0) is 30.7 Å². The number of aromatic nitrogens is 1. The fourth-order valence-electron chi connectivity index (χ4n) is 3.65. The third-order valence-electron chi connectivity index (χ3n) is 5.14. The summed E-state index contributed by atoms with van der Waals surface area (Å²) in [5.41, 5.74) is 2.28. The number of hydrogen-bond acceptors (Lipinski definition) is 5. The minimum Gasteiger partial charge on any atom is -0.489 e. The number of fused-ring (bicyclic) bond motifs is 3. The summed E-state index contributed by atoms with van der Waals surface area (Å²) in [7, 11) is -4.61. The maximum Gasteiger partial charge on any atom is 0.429 e. The number of carbonyl (C=O) groups is 1. The first-order chi connectivity index (χ1) is 14.7. The van der Waals surface area contributed by atoms with E-state index < -0.39 is 26.0 Å². The van der Waals surface area contributed by atoms with Crippen LogP contribution in [0.1, 0.15) is 6.92 Å². The fraction of sp³-hybridized carbons (Fsp3) is 0.250. The Kier molecular flexibility index (Phi) is 5.19. The van der Waals surface area contributed by atoms with Crippen LogP contribution in [-0.2, 0) is 9.30 Å². The zero-order valence-corrected chi connectivity index (χ0v) is 17.4. The molecule has 0 aliphatic carbocycles. The lowest BCUT2D eigenvalue weighted by molar-refractivity contribution is 0.105. The molecule has 1 aromatic carbocycles. The smallest absolute Gasteiger partial charge is 0.429 e. The summed E-state index contributed by atoms with van der Waals surface area (Å²) in [6, 6.07) is 8.16. The molecule has 2 aliphatic heterocycles. The number of anilines is 1. The van der Waals surface area contributed by atoms with Crippen molar-refractivity contribution in [1.82, 2.24) is 9.65 Å². The number of ether oxygens (including phenoxy) is 2. The van der Waals surface area contributed by atoms with Gasteiger partial charge in [0.2, 0.25) is 0 Å². The second-order valence-electron chi connectivity index (χ2n) is 7.20. The summed E-state index contributed by atoms with van der Waals surface area (Å²) < 4.78 is 23.9. The van der Waals surface area contributed by atoms with E-state index in [4.69, 9.17) is 16.0 Å². The third-order valence-corrected chi connectivity index (χ3v) is 6.28. The van der Waals surface area contributed by atoms with E-state index in [0.29, 0.717) is 17.3 Å². The molecule has 0 bridgehead atoms. The monoisotopic (exact) mass is 442 g/mol. The van der Waals surface area contributed by atoms with Crippen molar-refractivity contribution >= 4 is 25.3 Å². The Labute approximate surface area is 178 Å². The fourth-order valence-corrected chi connectivity index (χ4v) is 4.46. The summed E-state index contributed by atoms with van der Waals surface area (Å²) in [5.74, 6) is 0.776. The highest BCUT2D eigenvalue weighted by Gasteiger charge is 2.48. The highest BCUT2D eigenvalue weighted by molar-refractivity contribution is 7.49. The van der Waals surface area contributed by atoms with E-state index >= 15 is 0 Å². The molecule has 10 nitrogen and oxygen atoms in total. The molecule has 1 fully saturated rings. The molecule has 2 atom stereocenters. The van der Waals surface area contributed by atoms with Crippen LogP contribution in [0.2, 0.25) is 0 Å². The summed E-state index contributed by atoms with van der Waals surface area (Å²) in [4.78, 5) is 40.5. The molecule has 2 N–H and O–H groups in total. The topological polar surface area (TPSA) is 117 Å². The Balaban J connectivity index is 1.60. The van der Waals surface area contributed by atoms with Crippen molar-refractivity contribution in [2.75, 3.05) is 18.1 Å². The van der Waals surface area contributed by atoms with Crippen LogP contribution in [-0.4, -0.2) is 50.8 Å². The minimum atomic E-state index is -4.61. The number of benzene rings is 1. The molecule has 1 saturated heterocycles. The maximum absolute atomic E-state index is 12.6. The van der Waals surface area contributed by atoms with E-state index in [1.54, 1.807) is 36.5 Å². The lowest BCUT2D eigenvalue weighted by Crippen LogP contribution is -2.47. The predicted octanol–water partition coefficient (Wildman–Crippen LogP) is 3.31. The van der Waals surface area contributed by atoms with Crippen LogP contribution in [0.5, 0.6) is 5.75 Å². The van der Waals surface area contributed by atoms with Gasteiger partial charge in [0.1, 0.15) is 30.7 Å². The van der Waals surface area contributed by atoms with E-state index in [9.17, 15) is 19.1 Å². The number of carbonyl (C=O) groups excluding carboxylic acids is 1. The molecule has 1 aromatic heterocycles. The van der Waals surface area contributed by atoms with E-state index in [2.05, 4.69) is 16.4 Å². The summed E-state index contributed by atoms with van der Waals surface area (Å²) >= 11 is 0. The highest BCUT2D eigenvalue weighted by Crippen LogP contribution is 2.45. The minimum absolute atomic E-state index is 0.104. The molecule has 2 aliphatic rings. The Morgan fingerprint density at radius 3 is 2.74 bits per heavy atom. The third kappa shape index (κ3) is 3.86. The number of amides is 1. The van der Waals surface area contributed by atoms with Crippen LogP contribution in [0.25, 0.3) is 16.0 Å². The Bertz CT molecular complexity index is 1140. The van der Waals surface area contributed by atoms with Gasteiger partial charge in [0.15, 0.2) is 0 Å². The number of hydrogen-bond donors (Lipinski definition) is 2. The van der Waals surface area contributed by atoms with Crippen LogP contribution in [0, 0.1) is 6.57 Å². The standard InChI is InChI=1S/C20H19N4O6P/c1-12(2)23(31(26,27)28)10-18-16-11-29-17-8-13(14-5-7-19(21-3)22-9-14)4-6-15(17)24(16)20(25)30-18/h4-9,16,18H,1,10-11H2,2H3,(H2,26,27,28)/t16?,18-/m0/s1. The number of cyclic esters (lactones) is 1. The highest BCUT2D eigenvalue weighted by atomic mass is 31.2. The molecule has 0 radical (unpaired) electrons. The Morgan fingerprint density at radius 2 is 2.13 bits per heavy atom. The molecule has 0 saturated carbocycles. The summed E-state index contributed by atoms with van der Waals surface area (Å²) in [6.45, 7) is 12.0. The maximum atomic E-state index is 12.6. The lowest BCUT2D eigenvalue weighted by Gasteiger charge is -2.33. The SMILES string of the molecule is [C-]#[N+]c1ccc(-c2ccc3c(c2)OCC2[C@H](CN(C(=C)C)P(=O)(O)O)OC(=O)N32)cn1. The predicted molar refractivity (Wildman–Crippen MR) is 112 cm³/mol. The molecule has 11 heteroatoms. The van der Waals surface area contributed by atoms with Crippen molar-refractivity contribution in [1.29, 1.82) is 0 Å². The van der Waals surface area contributed by atoms with E-state index in [1.807, 2.05) is 0 Å². The number of pyridine rings is 1. The van der Waals surface area contributed by atoms with Crippen molar-refractivity contribution in [2.24, 2.45) is 0 Å². The number of allylic oxidation sites excluding steroid dienone is 1. The van der Waals surface area contributed by atoms with Gasteiger partial charge in [-0.15, -0.1) is 4.98 Å². The van der Waals surface area contributed by atoms with Gasteiger partial charge in [-0.1, -0.05) is 25.3 Å². The van der Waals surface area contributed by atoms with Crippen LogP contribution in [0.3, 0.4) is 0 Å². The normalized spacial score (nSPS) is 19.5. The summed E-state index contributed by atoms with van der Waals surface area (Å²) in [6.07, 6.45) is 0.174. The molecule has 160 valence electrons. The molecule has 2 aromatic rings. The average molecular weight is 442 g/mol. The van der Waals surface area contributed by atoms with E-state index in [1.165, 1.54) is 11.8 Å². The van der Waals surface area contributed by atoms with Crippen LogP contribution >= 0.6 is 7.75 Å². The first-order valence-corrected chi connectivity index (χ1v) is 10.8. The van der Waals surface area contributed by atoms with Crippen molar-refractivity contribution in [2.45, 2.75) is 19.1 Å². The molecule has 1 amide bonds. The largest absolute Gasteiger partial charge is 0.489 e. The Morgan fingerprint density at radius 1 is 1.39 bits per heavy atom. The quantitative estimate of drug-likeness (QED) is 0.535. The van der Waals surface area contributed by atoms with Gasteiger partial charge in [0.05, 0.1) is 12.2 Å². The average Bonchev–Trinajstić information content (AvgIpc) is 3.06. The second-order valence-corrected chi connectivity index (χ2v) is 8.71.